The van der Waals surface area contributed by atoms with Crippen molar-refractivity contribution in [2.75, 3.05) is 6.61 Å². The summed E-state index contributed by atoms with van der Waals surface area (Å²) in [6.45, 7) is 9.91. The molecule has 0 N–H and O–H groups in total. The van der Waals surface area contributed by atoms with Crippen LogP contribution in [0.15, 0.2) is 72.8 Å². The molecule has 0 radical (unpaired) electrons. The van der Waals surface area contributed by atoms with E-state index in [1.807, 2.05) is 36.4 Å². The van der Waals surface area contributed by atoms with Crippen LogP contribution in [0.1, 0.15) is 56.2 Å². The summed E-state index contributed by atoms with van der Waals surface area (Å²) in [5.41, 5.74) is 4.54. The fraction of sp³-hybridized carbons (Fsp3) is 0.321. The van der Waals surface area contributed by atoms with Crippen molar-refractivity contribution in [2.24, 2.45) is 0 Å². The van der Waals surface area contributed by atoms with Gasteiger partial charge in [0.2, 0.25) is 0 Å². The summed E-state index contributed by atoms with van der Waals surface area (Å²) in [5, 5.41) is 0. The molecule has 0 aliphatic carbocycles. The van der Waals surface area contributed by atoms with Crippen molar-refractivity contribution in [3.05, 3.63) is 89.7 Å². The zero-order valence-electron chi connectivity index (χ0n) is 19.4. The number of nitrogens with zero attached hydrogens (tertiary/aromatic N) is 2. The van der Waals surface area contributed by atoms with Crippen LogP contribution in [-0.4, -0.2) is 16.2 Å². The summed E-state index contributed by atoms with van der Waals surface area (Å²) < 4.78 is 14.9. The van der Waals surface area contributed by atoms with E-state index in [1.54, 1.807) is 0 Å². The summed E-state index contributed by atoms with van der Waals surface area (Å²) in [7, 11) is 0. The molecule has 0 bridgehead atoms. The van der Waals surface area contributed by atoms with Crippen molar-refractivity contribution in [2.45, 2.75) is 52.7 Å². The Morgan fingerprint density at radius 2 is 1.69 bits per heavy atom. The first-order chi connectivity index (χ1) is 15.6. The topological polar surface area (TPSA) is 36.3 Å². The highest BCUT2D eigenvalue weighted by Crippen LogP contribution is 2.29. The summed E-state index contributed by atoms with van der Waals surface area (Å²) in [6, 6.07) is 24.7. The van der Waals surface area contributed by atoms with Crippen LogP contribution in [0.2, 0.25) is 0 Å². The van der Waals surface area contributed by atoms with Crippen molar-refractivity contribution >= 4 is 11.0 Å². The van der Waals surface area contributed by atoms with Crippen LogP contribution in [0.3, 0.4) is 0 Å². The van der Waals surface area contributed by atoms with E-state index in [0.717, 1.165) is 34.8 Å². The maximum atomic E-state index is 6.33. The minimum atomic E-state index is -0.130. The van der Waals surface area contributed by atoms with Gasteiger partial charge in [-0.3, -0.25) is 0 Å². The van der Waals surface area contributed by atoms with Crippen LogP contribution in [0.4, 0.5) is 0 Å². The number of hydrogen-bond acceptors (Lipinski definition) is 3. The molecule has 4 nitrogen and oxygen atoms in total. The van der Waals surface area contributed by atoms with Crippen LogP contribution in [0.5, 0.6) is 11.5 Å². The lowest BCUT2D eigenvalue weighted by Crippen LogP contribution is -2.17. The van der Waals surface area contributed by atoms with E-state index in [-0.39, 0.29) is 6.10 Å². The first kappa shape index (κ1) is 21.9. The second-order valence-corrected chi connectivity index (χ2v) is 8.48. The third kappa shape index (κ3) is 4.80. The molecule has 4 rings (SSSR count). The van der Waals surface area contributed by atoms with Crippen molar-refractivity contribution in [3.63, 3.8) is 0 Å². The van der Waals surface area contributed by atoms with Gasteiger partial charge in [-0.05, 0) is 60.7 Å². The number of benzene rings is 3. The van der Waals surface area contributed by atoms with Gasteiger partial charge in [0.25, 0.3) is 0 Å². The lowest BCUT2D eigenvalue weighted by Gasteiger charge is -2.20. The predicted octanol–water partition coefficient (Wildman–Crippen LogP) is 7.08. The lowest BCUT2D eigenvalue weighted by atomic mass is 10.0. The first-order valence-corrected chi connectivity index (χ1v) is 11.5. The SMILES string of the molecule is CCC(Oc1ccccc1)c1nc2ccccc2n1CCOc1cc(C)ccc1C(C)C. The molecule has 0 spiro atoms. The Bertz CT molecular complexity index is 1160. The predicted molar refractivity (Wildman–Crippen MR) is 131 cm³/mol. The number of para-hydroxylation sites is 3. The van der Waals surface area contributed by atoms with E-state index < -0.39 is 0 Å². The van der Waals surface area contributed by atoms with Gasteiger partial charge < -0.3 is 14.0 Å². The maximum Gasteiger partial charge on any atom is 0.156 e. The number of ether oxygens (including phenoxy) is 2. The molecular formula is C28H32N2O2. The molecule has 1 heterocycles. The zero-order chi connectivity index (χ0) is 22.5. The van der Waals surface area contributed by atoms with Crippen molar-refractivity contribution < 1.29 is 9.47 Å². The van der Waals surface area contributed by atoms with E-state index in [0.29, 0.717) is 19.1 Å². The Balaban J connectivity index is 1.60. The van der Waals surface area contributed by atoms with Gasteiger partial charge in [-0.15, -0.1) is 0 Å². The maximum absolute atomic E-state index is 6.33. The number of aryl methyl sites for hydroxylation is 1. The molecule has 4 aromatic rings. The van der Waals surface area contributed by atoms with Gasteiger partial charge in [-0.2, -0.15) is 0 Å². The van der Waals surface area contributed by atoms with Gasteiger partial charge in [0, 0.05) is 0 Å². The highest BCUT2D eigenvalue weighted by Gasteiger charge is 2.21. The van der Waals surface area contributed by atoms with Gasteiger partial charge in [-0.1, -0.05) is 63.2 Å². The summed E-state index contributed by atoms with van der Waals surface area (Å²) in [5.74, 6) is 3.18. The summed E-state index contributed by atoms with van der Waals surface area (Å²) in [4.78, 5) is 4.95. The number of hydrogen-bond donors (Lipinski definition) is 0. The molecular weight excluding hydrogens is 396 g/mol. The molecule has 0 saturated carbocycles. The van der Waals surface area contributed by atoms with Gasteiger partial charge in [0.05, 0.1) is 17.6 Å². The summed E-state index contributed by atoms with van der Waals surface area (Å²) >= 11 is 0. The van der Waals surface area contributed by atoms with Crippen LogP contribution >= 0.6 is 0 Å². The normalized spacial score (nSPS) is 12.3. The molecule has 0 saturated heterocycles. The Morgan fingerprint density at radius 1 is 0.938 bits per heavy atom. The Kier molecular flexibility index (Phi) is 6.79. The molecule has 0 amide bonds. The molecule has 0 aliphatic rings. The lowest BCUT2D eigenvalue weighted by molar-refractivity contribution is 0.184. The van der Waals surface area contributed by atoms with Gasteiger partial charge >= 0.3 is 0 Å². The van der Waals surface area contributed by atoms with E-state index in [4.69, 9.17) is 14.5 Å². The molecule has 3 aromatic carbocycles. The molecule has 1 aromatic heterocycles. The van der Waals surface area contributed by atoms with Gasteiger partial charge in [0.1, 0.15) is 18.1 Å². The average Bonchev–Trinajstić information content (AvgIpc) is 3.16. The van der Waals surface area contributed by atoms with E-state index in [2.05, 4.69) is 68.7 Å². The summed E-state index contributed by atoms with van der Waals surface area (Å²) in [6.07, 6.45) is 0.698. The third-order valence-electron chi connectivity index (χ3n) is 5.73. The monoisotopic (exact) mass is 428 g/mol. The Morgan fingerprint density at radius 3 is 2.44 bits per heavy atom. The van der Waals surface area contributed by atoms with Crippen molar-refractivity contribution in [1.29, 1.82) is 0 Å². The smallest absolute Gasteiger partial charge is 0.156 e. The van der Waals surface area contributed by atoms with Gasteiger partial charge in [0.15, 0.2) is 11.9 Å². The van der Waals surface area contributed by atoms with Gasteiger partial charge in [-0.25, -0.2) is 4.98 Å². The number of rotatable bonds is 9. The zero-order valence-corrected chi connectivity index (χ0v) is 19.4. The minimum absolute atomic E-state index is 0.130. The number of fused-ring (bicyclic) bond motifs is 1. The van der Waals surface area contributed by atoms with Crippen LogP contribution < -0.4 is 9.47 Å². The minimum Gasteiger partial charge on any atom is -0.491 e. The highest BCUT2D eigenvalue weighted by molar-refractivity contribution is 5.76. The first-order valence-electron chi connectivity index (χ1n) is 11.5. The standard InChI is InChI=1S/C28H32N2O2/c1-5-26(32-22-11-7-6-8-12-22)28-29-24-13-9-10-14-25(24)30(28)17-18-31-27-19-21(4)15-16-23(27)20(2)3/h6-16,19-20,26H,5,17-18H2,1-4H3. The van der Waals surface area contributed by atoms with E-state index >= 15 is 0 Å². The van der Waals surface area contributed by atoms with Crippen molar-refractivity contribution in [3.8, 4) is 11.5 Å². The Hall–Kier alpha value is -3.27. The number of imidazole rings is 1. The molecule has 0 fully saturated rings. The van der Waals surface area contributed by atoms with Crippen LogP contribution in [0, 0.1) is 6.92 Å². The molecule has 0 aliphatic heterocycles. The second-order valence-electron chi connectivity index (χ2n) is 8.48. The molecule has 166 valence electrons. The highest BCUT2D eigenvalue weighted by atomic mass is 16.5. The fourth-order valence-electron chi connectivity index (χ4n) is 4.05. The van der Waals surface area contributed by atoms with E-state index in [9.17, 15) is 0 Å². The van der Waals surface area contributed by atoms with Crippen LogP contribution in [-0.2, 0) is 6.54 Å². The van der Waals surface area contributed by atoms with E-state index in [1.165, 1.54) is 11.1 Å². The van der Waals surface area contributed by atoms with Crippen LogP contribution in [0.25, 0.3) is 11.0 Å². The quantitative estimate of drug-likeness (QED) is 0.286. The second kappa shape index (κ2) is 9.90. The largest absolute Gasteiger partial charge is 0.491 e. The molecule has 32 heavy (non-hydrogen) atoms. The third-order valence-corrected chi connectivity index (χ3v) is 5.73. The Labute approximate surface area is 190 Å². The number of aromatic nitrogens is 2. The molecule has 1 unspecified atom stereocenters. The van der Waals surface area contributed by atoms with Crippen molar-refractivity contribution in [1.82, 2.24) is 9.55 Å². The fourth-order valence-corrected chi connectivity index (χ4v) is 4.05. The molecule has 4 heteroatoms. The average molecular weight is 429 g/mol. The molecule has 1 atom stereocenters.